The zero-order chi connectivity index (χ0) is 18.4. The van der Waals surface area contributed by atoms with Crippen LogP contribution in [0.4, 0.5) is 4.39 Å². The van der Waals surface area contributed by atoms with E-state index in [4.69, 9.17) is 0 Å². The highest BCUT2D eigenvalue weighted by Gasteiger charge is 2.21. The summed E-state index contributed by atoms with van der Waals surface area (Å²) in [7, 11) is 0. The number of benzene rings is 3. The van der Waals surface area contributed by atoms with Crippen molar-refractivity contribution < 1.29 is 9.18 Å². The maximum absolute atomic E-state index is 13.9. The van der Waals surface area contributed by atoms with Crippen LogP contribution in [0.3, 0.4) is 0 Å². The minimum Gasteiger partial charge on any atom is -0.344 e. The first-order valence-corrected chi connectivity index (χ1v) is 9.34. The smallest absolute Gasteiger partial charge is 0.233 e. The van der Waals surface area contributed by atoms with Gasteiger partial charge in [-0.25, -0.2) is 4.39 Å². The average Bonchev–Trinajstić information content (AvgIpc) is 2.69. The Balaban J connectivity index is 1.78. The highest BCUT2D eigenvalue weighted by atomic mass is 32.2. The third-order valence-electron chi connectivity index (χ3n) is 4.06. The quantitative estimate of drug-likeness (QED) is 0.608. The third-order valence-corrected chi connectivity index (χ3v) is 5.21. The van der Waals surface area contributed by atoms with Crippen molar-refractivity contribution in [3.63, 3.8) is 0 Å². The van der Waals surface area contributed by atoms with E-state index >= 15 is 0 Å². The number of nitrogens with one attached hydrogen (secondary N) is 1. The first-order valence-electron chi connectivity index (χ1n) is 8.46. The molecule has 3 rings (SSSR count). The standard InChI is InChI=1S/C22H20FNOS/c1-16(26-20-15-9-8-14-19(20)23)22(25)24-21(17-10-4-2-5-11-17)18-12-6-3-7-13-18/h2-16,21H,1H3,(H,24,25)/t16-/m1/s1. The van der Waals surface area contributed by atoms with E-state index in [1.165, 1.54) is 17.8 Å². The molecule has 0 heterocycles. The van der Waals surface area contributed by atoms with Gasteiger partial charge in [-0.2, -0.15) is 0 Å². The molecule has 0 aliphatic carbocycles. The normalized spacial score (nSPS) is 12.0. The van der Waals surface area contributed by atoms with E-state index in [9.17, 15) is 9.18 Å². The highest BCUT2D eigenvalue weighted by molar-refractivity contribution is 8.00. The Morgan fingerprint density at radius 3 is 1.88 bits per heavy atom. The van der Waals surface area contributed by atoms with E-state index in [0.717, 1.165) is 11.1 Å². The molecule has 0 fully saturated rings. The van der Waals surface area contributed by atoms with Crippen molar-refractivity contribution in [2.45, 2.75) is 23.1 Å². The lowest BCUT2D eigenvalue weighted by Gasteiger charge is -2.22. The zero-order valence-corrected chi connectivity index (χ0v) is 15.2. The van der Waals surface area contributed by atoms with Crippen molar-refractivity contribution in [2.24, 2.45) is 0 Å². The summed E-state index contributed by atoms with van der Waals surface area (Å²) in [5.74, 6) is -0.434. The van der Waals surface area contributed by atoms with Gasteiger partial charge in [0.2, 0.25) is 5.91 Å². The molecule has 4 heteroatoms. The van der Waals surface area contributed by atoms with Gasteiger partial charge in [0.25, 0.3) is 0 Å². The van der Waals surface area contributed by atoms with E-state index in [0.29, 0.717) is 4.90 Å². The van der Waals surface area contributed by atoms with Crippen molar-refractivity contribution >= 4 is 17.7 Å². The second kappa shape index (κ2) is 8.68. The minimum absolute atomic E-state index is 0.129. The maximum atomic E-state index is 13.9. The maximum Gasteiger partial charge on any atom is 0.233 e. The summed E-state index contributed by atoms with van der Waals surface area (Å²) >= 11 is 1.22. The molecule has 0 aromatic heterocycles. The molecule has 26 heavy (non-hydrogen) atoms. The van der Waals surface area contributed by atoms with Gasteiger partial charge in [0.05, 0.1) is 11.3 Å². The second-order valence-corrected chi connectivity index (χ2v) is 7.34. The molecule has 1 amide bonds. The molecule has 2 nitrogen and oxygen atoms in total. The van der Waals surface area contributed by atoms with Gasteiger partial charge in [0.1, 0.15) is 5.82 Å². The summed E-state index contributed by atoms with van der Waals surface area (Å²) in [4.78, 5) is 13.2. The molecule has 0 aliphatic rings. The van der Waals surface area contributed by atoms with Gasteiger partial charge in [-0.3, -0.25) is 4.79 Å². The van der Waals surface area contributed by atoms with E-state index in [-0.39, 0.29) is 17.8 Å². The second-order valence-electron chi connectivity index (χ2n) is 5.95. The molecule has 0 saturated heterocycles. The molecule has 1 atom stereocenters. The molecule has 0 unspecified atom stereocenters. The topological polar surface area (TPSA) is 29.1 Å². The van der Waals surface area contributed by atoms with Gasteiger partial charge < -0.3 is 5.32 Å². The predicted octanol–water partition coefficient (Wildman–Crippen LogP) is 5.21. The molecule has 0 aliphatic heterocycles. The predicted molar refractivity (Wildman–Crippen MR) is 105 cm³/mol. The lowest BCUT2D eigenvalue weighted by atomic mass is 9.98. The number of hydrogen-bond donors (Lipinski definition) is 1. The van der Waals surface area contributed by atoms with E-state index in [1.54, 1.807) is 25.1 Å². The number of carbonyl (C=O) groups is 1. The molecule has 0 radical (unpaired) electrons. The zero-order valence-electron chi connectivity index (χ0n) is 14.4. The van der Waals surface area contributed by atoms with E-state index in [1.807, 2.05) is 60.7 Å². The molecule has 0 bridgehead atoms. The Bertz CT molecular complexity index is 815. The van der Waals surface area contributed by atoms with Crippen LogP contribution in [-0.4, -0.2) is 11.2 Å². The molecule has 3 aromatic carbocycles. The summed E-state index contributed by atoms with van der Waals surface area (Å²) < 4.78 is 13.9. The van der Waals surface area contributed by atoms with Crippen LogP contribution in [-0.2, 0) is 4.79 Å². The number of thioether (sulfide) groups is 1. The van der Waals surface area contributed by atoms with Crippen molar-refractivity contribution in [2.75, 3.05) is 0 Å². The summed E-state index contributed by atoms with van der Waals surface area (Å²) in [6, 6.07) is 25.9. The SMILES string of the molecule is C[C@@H](Sc1ccccc1F)C(=O)NC(c1ccccc1)c1ccccc1. The summed E-state index contributed by atoms with van der Waals surface area (Å²) in [6.07, 6.45) is 0. The third kappa shape index (κ3) is 4.52. The molecule has 1 N–H and O–H groups in total. The van der Waals surface area contributed by atoms with Gasteiger partial charge in [0, 0.05) is 4.90 Å². The highest BCUT2D eigenvalue weighted by Crippen LogP contribution is 2.27. The number of rotatable bonds is 6. The number of carbonyl (C=O) groups excluding carboxylic acids is 1. The monoisotopic (exact) mass is 365 g/mol. The molecule has 3 aromatic rings. The fraction of sp³-hybridized carbons (Fsp3) is 0.136. The fourth-order valence-electron chi connectivity index (χ4n) is 2.69. The van der Waals surface area contributed by atoms with Crippen LogP contribution < -0.4 is 5.32 Å². The first kappa shape index (κ1) is 18.2. The van der Waals surface area contributed by atoms with Crippen LogP contribution in [0, 0.1) is 5.82 Å². The van der Waals surface area contributed by atoms with E-state index in [2.05, 4.69) is 5.32 Å². The lowest BCUT2D eigenvalue weighted by molar-refractivity contribution is -0.120. The fourth-order valence-corrected chi connectivity index (χ4v) is 3.59. The Kier molecular flexibility index (Phi) is 6.08. The number of amides is 1. The summed E-state index contributed by atoms with van der Waals surface area (Å²) in [5, 5.41) is 2.69. The molecule has 132 valence electrons. The molecule has 0 saturated carbocycles. The Labute approximate surface area is 157 Å². The van der Waals surface area contributed by atoms with Crippen LogP contribution in [0.25, 0.3) is 0 Å². The van der Waals surface area contributed by atoms with Gasteiger partial charge >= 0.3 is 0 Å². The van der Waals surface area contributed by atoms with Gasteiger partial charge in [0.15, 0.2) is 0 Å². The minimum atomic E-state index is -0.415. The van der Waals surface area contributed by atoms with Gasteiger partial charge in [-0.05, 0) is 30.2 Å². The Morgan fingerprint density at radius 1 is 0.846 bits per heavy atom. The van der Waals surface area contributed by atoms with E-state index < -0.39 is 5.25 Å². The van der Waals surface area contributed by atoms with Gasteiger partial charge in [-0.15, -0.1) is 11.8 Å². The van der Waals surface area contributed by atoms with Crippen molar-refractivity contribution in [1.29, 1.82) is 0 Å². The van der Waals surface area contributed by atoms with Crippen molar-refractivity contribution in [3.05, 3.63) is 102 Å². The Hall–Kier alpha value is -2.59. The number of hydrogen-bond acceptors (Lipinski definition) is 2. The molecule has 0 spiro atoms. The van der Waals surface area contributed by atoms with Crippen molar-refractivity contribution in [1.82, 2.24) is 5.32 Å². The van der Waals surface area contributed by atoms with Crippen LogP contribution in [0.15, 0.2) is 89.8 Å². The Morgan fingerprint density at radius 2 is 1.35 bits per heavy atom. The number of halogens is 1. The van der Waals surface area contributed by atoms with Crippen molar-refractivity contribution in [3.8, 4) is 0 Å². The van der Waals surface area contributed by atoms with Crippen LogP contribution in [0.5, 0.6) is 0 Å². The first-order chi connectivity index (χ1) is 12.6. The largest absolute Gasteiger partial charge is 0.344 e. The molecular formula is C22H20FNOS. The van der Waals surface area contributed by atoms with Crippen LogP contribution >= 0.6 is 11.8 Å². The summed E-state index contributed by atoms with van der Waals surface area (Å²) in [5.41, 5.74) is 2.02. The molecular weight excluding hydrogens is 345 g/mol. The van der Waals surface area contributed by atoms with Crippen LogP contribution in [0.1, 0.15) is 24.1 Å². The lowest BCUT2D eigenvalue weighted by Crippen LogP contribution is -2.34. The average molecular weight is 365 g/mol. The van der Waals surface area contributed by atoms with Crippen LogP contribution in [0.2, 0.25) is 0 Å². The van der Waals surface area contributed by atoms with Gasteiger partial charge in [-0.1, -0.05) is 72.8 Å². The summed E-state index contributed by atoms with van der Waals surface area (Å²) in [6.45, 7) is 1.79.